The first-order chi connectivity index (χ1) is 6.68. The van der Waals surface area contributed by atoms with Gasteiger partial charge in [-0.15, -0.1) is 0 Å². The summed E-state index contributed by atoms with van der Waals surface area (Å²) in [4.78, 5) is 0. The van der Waals surface area contributed by atoms with Crippen LogP contribution < -0.4 is 0 Å². The molecular formula is C13H17B. The Labute approximate surface area is 87.3 Å². The molecule has 72 valence electrons. The van der Waals surface area contributed by atoms with Crippen molar-refractivity contribution < 1.29 is 0 Å². The van der Waals surface area contributed by atoms with Gasteiger partial charge in [0.1, 0.15) is 7.28 Å². The first-order valence-electron chi connectivity index (χ1n) is 5.45. The zero-order valence-corrected chi connectivity index (χ0v) is 9.14. The van der Waals surface area contributed by atoms with Crippen molar-refractivity contribution >= 4 is 12.9 Å². The summed E-state index contributed by atoms with van der Waals surface area (Å²) in [5, 5.41) is 0. The number of hydrogen-bond donors (Lipinski definition) is 0. The van der Waals surface area contributed by atoms with Crippen molar-refractivity contribution in [2.45, 2.75) is 32.4 Å². The van der Waals surface area contributed by atoms with Crippen LogP contribution in [-0.4, -0.2) is 7.28 Å². The summed E-state index contributed by atoms with van der Waals surface area (Å²) >= 11 is 0. The van der Waals surface area contributed by atoms with Crippen molar-refractivity contribution in [1.82, 2.24) is 0 Å². The van der Waals surface area contributed by atoms with E-state index < -0.39 is 0 Å². The monoisotopic (exact) mass is 184 g/mol. The van der Waals surface area contributed by atoms with Gasteiger partial charge in [-0.2, -0.15) is 0 Å². The van der Waals surface area contributed by atoms with Gasteiger partial charge < -0.3 is 0 Å². The van der Waals surface area contributed by atoms with Gasteiger partial charge in [-0.1, -0.05) is 49.4 Å². The molecule has 0 aromatic heterocycles. The Bertz CT molecular complexity index is 365. The zero-order valence-electron chi connectivity index (χ0n) is 9.14. The summed E-state index contributed by atoms with van der Waals surface area (Å²) in [6.07, 6.45) is 2.48. The number of allylic oxidation sites excluding steroid dienone is 1. The minimum atomic E-state index is 0.850. The van der Waals surface area contributed by atoms with Crippen LogP contribution in [0, 0.1) is 0 Å². The third kappa shape index (κ3) is 1.64. The van der Waals surface area contributed by atoms with Crippen molar-refractivity contribution in [3.05, 3.63) is 41.5 Å². The number of benzene rings is 1. The first kappa shape index (κ1) is 9.58. The van der Waals surface area contributed by atoms with Crippen molar-refractivity contribution in [2.75, 3.05) is 0 Å². The van der Waals surface area contributed by atoms with Crippen LogP contribution in [0.25, 0.3) is 5.57 Å². The van der Waals surface area contributed by atoms with Crippen LogP contribution in [0.3, 0.4) is 0 Å². The molecule has 0 fully saturated rings. The van der Waals surface area contributed by atoms with E-state index in [2.05, 4.69) is 38.6 Å². The number of rotatable bonds is 1. The highest BCUT2D eigenvalue weighted by atomic mass is 14.1. The predicted octanol–water partition coefficient (Wildman–Crippen LogP) is 3.02. The molecule has 1 atom stereocenters. The Kier molecular flexibility index (Phi) is 2.49. The van der Waals surface area contributed by atoms with E-state index >= 15 is 0 Å². The molecule has 0 amide bonds. The van der Waals surface area contributed by atoms with Crippen LogP contribution in [0.15, 0.2) is 24.8 Å². The van der Waals surface area contributed by atoms with Crippen molar-refractivity contribution in [3.8, 4) is 0 Å². The second-order valence-corrected chi connectivity index (χ2v) is 4.57. The SMILES string of the molecule is C=C(C)c1cccc2c1CBC(C)C2. The van der Waals surface area contributed by atoms with Crippen molar-refractivity contribution in [3.63, 3.8) is 0 Å². The lowest BCUT2D eigenvalue weighted by molar-refractivity contribution is 0.861. The molecule has 0 spiro atoms. The van der Waals surface area contributed by atoms with E-state index in [1.807, 2.05) is 0 Å². The quantitative estimate of drug-likeness (QED) is 0.588. The lowest BCUT2D eigenvalue weighted by Gasteiger charge is -2.23. The molecule has 0 nitrogen and oxygen atoms in total. The lowest BCUT2D eigenvalue weighted by atomic mass is 9.54. The fourth-order valence-corrected chi connectivity index (χ4v) is 2.39. The van der Waals surface area contributed by atoms with E-state index in [-0.39, 0.29) is 0 Å². The van der Waals surface area contributed by atoms with Gasteiger partial charge in [0.15, 0.2) is 0 Å². The summed E-state index contributed by atoms with van der Waals surface area (Å²) in [6, 6.07) is 6.65. The van der Waals surface area contributed by atoms with Gasteiger partial charge in [0.25, 0.3) is 0 Å². The van der Waals surface area contributed by atoms with Gasteiger partial charge in [-0.05, 0) is 30.0 Å². The lowest BCUT2D eigenvalue weighted by Crippen LogP contribution is -2.16. The van der Waals surface area contributed by atoms with Crippen molar-refractivity contribution in [2.24, 2.45) is 0 Å². The normalized spacial score (nSPS) is 19.7. The Morgan fingerprint density at radius 2 is 2.29 bits per heavy atom. The Balaban J connectivity index is 2.46. The minimum absolute atomic E-state index is 0.850. The maximum Gasteiger partial charge on any atom is 0.129 e. The molecule has 2 rings (SSSR count). The third-order valence-corrected chi connectivity index (χ3v) is 3.19. The summed E-state index contributed by atoms with van der Waals surface area (Å²) in [6.45, 7) is 8.50. The average Bonchev–Trinajstić information content (AvgIpc) is 2.16. The highest BCUT2D eigenvalue weighted by Gasteiger charge is 2.18. The second-order valence-electron chi connectivity index (χ2n) is 4.57. The molecule has 1 aromatic rings. The van der Waals surface area contributed by atoms with Crippen molar-refractivity contribution in [1.29, 1.82) is 0 Å². The molecule has 0 bridgehead atoms. The van der Waals surface area contributed by atoms with E-state index in [4.69, 9.17) is 0 Å². The molecular weight excluding hydrogens is 167 g/mol. The van der Waals surface area contributed by atoms with Crippen LogP contribution in [0.4, 0.5) is 0 Å². The maximum atomic E-state index is 4.05. The molecule has 1 heteroatoms. The summed E-state index contributed by atoms with van der Waals surface area (Å²) in [5.74, 6) is 0.850. The van der Waals surface area contributed by atoms with Gasteiger partial charge >= 0.3 is 0 Å². The first-order valence-corrected chi connectivity index (χ1v) is 5.45. The van der Waals surface area contributed by atoms with E-state index in [9.17, 15) is 0 Å². The smallest absolute Gasteiger partial charge is 0.0955 e. The number of fused-ring (bicyclic) bond motifs is 1. The Morgan fingerprint density at radius 1 is 1.50 bits per heavy atom. The third-order valence-electron chi connectivity index (χ3n) is 3.19. The van der Waals surface area contributed by atoms with Gasteiger partial charge in [0.2, 0.25) is 0 Å². The van der Waals surface area contributed by atoms with Gasteiger partial charge in [0.05, 0.1) is 0 Å². The van der Waals surface area contributed by atoms with Gasteiger partial charge in [0, 0.05) is 0 Å². The van der Waals surface area contributed by atoms with Gasteiger partial charge in [-0.25, -0.2) is 0 Å². The highest BCUT2D eigenvalue weighted by Crippen LogP contribution is 2.29. The maximum absolute atomic E-state index is 4.05. The van der Waals surface area contributed by atoms with Gasteiger partial charge in [-0.3, -0.25) is 0 Å². The Hall–Kier alpha value is -0.975. The van der Waals surface area contributed by atoms with E-state index in [0.717, 1.165) is 5.82 Å². The minimum Gasteiger partial charge on any atom is -0.0955 e. The second kappa shape index (κ2) is 3.64. The molecule has 14 heavy (non-hydrogen) atoms. The van der Waals surface area contributed by atoms with E-state index in [1.54, 1.807) is 11.1 Å². The molecule has 0 saturated heterocycles. The molecule has 0 N–H and O–H groups in total. The number of hydrogen-bond acceptors (Lipinski definition) is 0. The Morgan fingerprint density at radius 3 is 3.00 bits per heavy atom. The van der Waals surface area contributed by atoms with Crippen LogP contribution >= 0.6 is 0 Å². The summed E-state index contributed by atoms with van der Waals surface area (Å²) in [5.41, 5.74) is 5.69. The molecule has 0 radical (unpaired) electrons. The highest BCUT2D eigenvalue weighted by molar-refractivity contribution is 6.37. The molecule has 1 unspecified atom stereocenters. The van der Waals surface area contributed by atoms with E-state index in [1.165, 1.54) is 31.2 Å². The zero-order chi connectivity index (χ0) is 10.1. The molecule has 1 aromatic carbocycles. The van der Waals surface area contributed by atoms with Crippen LogP contribution in [-0.2, 0) is 12.7 Å². The molecule has 0 saturated carbocycles. The van der Waals surface area contributed by atoms with Crippen LogP contribution in [0.2, 0.25) is 5.82 Å². The fraction of sp³-hybridized carbons (Fsp3) is 0.385. The topological polar surface area (TPSA) is 0 Å². The molecule has 1 heterocycles. The average molecular weight is 184 g/mol. The van der Waals surface area contributed by atoms with Crippen LogP contribution in [0.5, 0.6) is 0 Å². The summed E-state index contributed by atoms with van der Waals surface area (Å²) in [7, 11) is 1.33. The summed E-state index contributed by atoms with van der Waals surface area (Å²) < 4.78 is 0. The standard InChI is InChI=1S/C13H17B/c1-9(2)12-6-4-5-11-7-10(3)14-8-13(11)12/h4-6,10,14H,1,7-8H2,2-3H3. The molecule has 1 aliphatic rings. The fourth-order valence-electron chi connectivity index (χ4n) is 2.39. The molecule has 1 aliphatic heterocycles. The molecule has 0 aliphatic carbocycles. The predicted molar refractivity (Wildman–Crippen MR) is 65.1 cm³/mol. The van der Waals surface area contributed by atoms with E-state index in [0.29, 0.717) is 0 Å². The van der Waals surface area contributed by atoms with Crippen LogP contribution in [0.1, 0.15) is 30.5 Å². The largest absolute Gasteiger partial charge is 0.129 e.